The molecule has 3 heterocycles. The van der Waals surface area contributed by atoms with E-state index >= 15 is 0 Å². The van der Waals surface area contributed by atoms with Crippen LogP contribution in [-0.2, 0) is 4.74 Å². The molecule has 1 aliphatic rings. The molecule has 1 saturated heterocycles. The van der Waals surface area contributed by atoms with Gasteiger partial charge in [-0.25, -0.2) is 4.98 Å². The topological polar surface area (TPSA) is 63.7 Å². The highest BCUT2D eigenvalue weighted by molar-refractivity contribution is 7.24. The molecule has 0 atom stereocenters. The Bertz CT molecular complexity index is 1510. The number of nitrogens with one attached hydrogen (secondary N) is 1. The minimum Gasteiger partial charge on any atom is -0.491 e. The molecule has 0 radical (unpaired) electrons. The van der Waals surface area contributed by atoms with E-state index in [1.54, 1.807) is 22.7 Å². The van der Waals surface area contributed by atoms with Crippen LogP contribution in [-0.4, -0.2) is 55.2 Å². The van der Waals surface area contributed by atoms with Gasteiger partial charge < -0.3 is 14.8 Å². The summed E-state index contributed by atoms with van der Waals surface area (Å²) < 4.78 is 13.9. The van der Waals surface area contributed by atoms with Crippen LogP contribution < -0.4 is 10.1 Å². The SMILES string of the molecule is O=C(Nc1cc2ccc3scnc3c2s1)c1ccc(-c2ccccc2)cc1OCCN1CCOCC1. The van der Waals surface area contributed by atoms with E-state index < -0.39 is 0 Å². The maximum Gasteiger partial charge on any atom is 0.260 e. The number of hydrogen-bond donors (Lipinski definition) is 1. The number of carbonyl (C=O) groups excluding carboxylic acids is 1. The molecular weight excluding hydrogens is 490 g/mol. The fourth-order valence-corrected chi connectivity index (χ4v) is 6.22. The van der Waals surface area contributed by atoms with Crippen LogP contribution >= 0.6 is 22.7 Å². The predicted molar refractivity (Wildman–Crippen MR) is 148 cm³/mol. The van der Waals surface area contributed by atoms with Gasteiger partial charge in [0.2, 0.25) is 0 Å². The van der Waals surface area contributed by atoms with E-state index in [-0.39, 0.29) is 5.91 Å². The number of nitrogens with zero attached hydrogens (tertiary/aromatic N) is 2. The number of anilines is 1. The summed E-state index contributed by atoms with van der Waals surface area (Å²) >= 11 is 3.17. The molecule has 1 N–H and O–H groups in total. The molecule has 6 nitrogen and oxygen atoms in total. The third-order valence-corrected chi connectivity index (χ3v) is 8.19. The zero-order valence-electron chi connectivity index (χ0n) is 19.6. The van der Waals surface area contributed by atoms with E-state index in [4.69, 9.17) is 9.47 Å². The lowest BCUT2D eigenvalue weighted by Crippen LogP contribution is -2.38. The summed E-state index contributed by atoms with van der Waals surface area (Å²) in [6.45, 7) is 4.60. The Balaban J connectivity index is 1.26. The number of aromatic nitrogens is 1. The first-order valence-corrected chi connectivity index (χ1v) is 13.6. The van der Waals surface area contributed by atoms with Gasteiger partial charge in [-0.3, -0.25) is 9.69 Å². The summed E-state index contributed by atoms with van der Waals surface area (Å²) in [5.74, 6) is 0.405. The first-order valence-electron chi connectivity index (χ1n) is 11.9. The maximum atomic E-state index is 13.4. The van der Waals surface area contributed by atoms with Crippen molar-refractivity contribution in [2.24, 2.45) is 0 Å². The Kier molecular flexibility index (Phi) is 6.65. The van der Waals surface area contributed by atoms with Crippen LogP contribution in [0.15, 0.2) is 72.2 Å². The van der Waals surface area contributed by atoms with Gasteiger partial charge in [0.15, 0.2) is 0 Å². The van der Waals surface area contributed by atoms with Crippen LogP contribution in [0.5, 0.6) is 5.75 Å². The normalized spacial score (nSPS) is 14.3. The lowest BCUT2D eigenvalue weighted by atomic mass is 10.0. The molecule has 0 spiro atoms. The lowest BCUT2D eigenvalue weighted by molar-refractivity contribution is 0.0322. The molecule has 182 valence electrons. The van der Waals surface area contributed by atoms with Crippen LogP contribution in [0.25, 0.3) is 31.4 Å². The number of ether oxygens (including phenoxy) is 2. The van der Waals surface area contributed by atoms with Gasteiger partial charge in [-0.1, -0.05) is 42.5 Å². The smallest absolute Gasteiger partial charge is 0.260 e. The molecule has 6 rings (SSSR count). The van der Waals surface area contributed by atoms with Crippen LogP contribution in [0.2, 0.25) is 0 Å². The summed E-state index contributed by atoms with van der Waals surface area (Å²) in [4.78, 5) is 20.2. The number of thiazole rings is 1. The third kappa shape index (κ3) is 4.85. The van der Waals surface area contributed by atoms with Crippen LogP contribution in [0, 0.1) is 0 Å². The number of hydrogen-bond acceptors (Lipinski definition) is 7. The standard InChI is InChI=1S/C28H25N3O3S2/c32-28(30-25-17-21-7-9-24-26(27(21)36-25)29-18-35-24)22-8-6-20(19-4-2-1-3-5-19)16-23(22)34-15-12-31-10-13-33-14-11-31/h1-9,16-18H,10-15H2,(H,30,32). The number of thiophene rings is 1. The zero-order valence-corrected chi connectivity index (χ0v) is 21.2. The van der Waals surface area contributed by atoms with Crippen molar-refractivity contribution < 1.29 is 14.3 Å². The Labute approximate surface area is 217 Å². The van der Waals surface area contributed by atoms with Gasteiger partial charge in [-0.05, 0) is 40.8 Å². The quantitative estimate of drug-likeness (QED) is 0.282. The van der Waals surface area contributed by atoms with Crippen LogP contribution in [0.3, 0.4) is 0 Å². The number of rotatable bonds is 7. The molecule has 1 amide bonds. The van der Waals surface area contributed by atoms with Crippen LogP contribution in [0.1, 0.15) is 10.4 Å². The van der Waals surface area contributed by atoms with Crippen molar-refractivity contribution in [3.8, 4) is 16.9 Å². The Morgan fingerprint density at radius 2 is 1.89 bits per heavy atom. The molecular formula is C28H25N3O3S2. The maximum absolute atomic E-state index is 13.4. The Morgan fingerprint density at radius 3 is 2.75 bits per heavy atom. The fraction of sp³-hybridized carbons (Fsp3) is 0.214. The van der Waals surface area contributed by atoms with Crippen LogP contribution in [0.4, 0.5) is 5.00 Å². The van der Waals surface area contributed by atoms with Gasteiger partial charge >= 0.3 is 0 Å². The van der Waals surface area contributed by atoms with Gasteiger partial charge in [0.1, 0.15) is 12.4 Å². The molecule has 2 aromatic heterocycles. The Hall–Kier alpha value is -3.30. The number of fused-ring (bicyclic) bond motifs is 3. The second-order valence-electron chi connectivity index (χ2n) is 8.63. The van der Waals surface area contributed by atoms with Crippen molar-refractivity contribution in [2.75, 3.05) is 44.8 Å². The molecule has 0 aliphatic carbocycles. The van der Waals surface area contributed by atoms with Gasteiger partial charge in [0, 0.05) is 19.6 Å². The molecule has 3 aromatic carbocycles. The Morgan fingerprint density at radius 1 is 1.03 bits per heavy atom. The molecule has 36 heavy (non-hydrogen) atoms. The third-order valence-electron chi connectivity index (χ3n) is 6.32. The predicted octanol–water partition coefficient (Wildman–Crippen LogP) is 6.14. The summed E-state index contributed by atoms with van der Waals surface area (Å²) in [5.41, 5.74) is 5.47. The first-order chi connectivity index (χ1) is 17.7. The van der Waals surface area contributed by atoms with Gasteiger partial charge in [0.25, 0.3) is 5.91 Å². The van der Waals surface area contributed by atoms with E-state index in [1.807, 2.05) is 48.0 Å². The second kappa shape index (κ2) is 10.4. The number of morpholine rings is 1. The van der Waals surface area contributed by atoms with E-state index in [9.17, 15) is 4.79 Å². The molecule has 1 fully saturated rings. The summed E-state index contributed by atoms with van der Waals surface area (Å²) in [6.07, 6.45) is 0. The van der Waals surface area contributed by atoms with Gasteiger partial charge in [-0.2, -0.15) is 0 Å². The summed E-state index contributed by atoms with van der Waals surface area (Å²) in [7, 11) is 0. The molecule has 0 bridgehead atoms. The van der Waals surface area contributed by atoms with E-state index in [0.717, 1.165) is 69.3 Å². The summed E-state index contributed by atoms with van der Waals surface area (Å²) in [5, 5.41) is 4.96. The van der Waals surface area contributed by atoms with E-state index in [0.29, 0.717) is 17.9 Å². The van der Waals surface area contributed by atoms with Gasteiger partial charge in [-0.15, -0.1) is 22.7 Å². The molecule has 1 aliphatic heterocycles. The number of benzene rings is 3. The molecule has 8 heteroatoms. The second-order valence-corrected chi connectivity index (χ2v) is 10.6. The highest BCUT2D eigenvalue weighted by atomic mass is 32.1. The molecule has 0 saturated carbocycles. The van der Waals surface area contributed by atoms with Crippen molar-refractivity contribution in [1.29, 1.82) is 0 Å². The van der Waals surface area contributed by atoms with E-state index in [2.05, 4.69) is 39.5 Å². The van der Waals surface area contributed by atoms with Crippen molar-refractivity contribution in [3.05, 3.63) is 77.8 Å². The minimum absolute atomic E-state index is 0.183. The van der Waals surface area contributed by atoms with Crippen molar-refractivity contribution in [3.63, 3.8) is 0 Å². The fourth-order valence-electron chi connectivity index (χ4n) is 4.41. The average Bonchev–Trinajstić information content (AvgIpc) is 3.56. The highest BCUT2D eigenvalue weighted by Crippen LogP contribution is 2.36. The molecule has 0 unspecified atom stereocenters. The zero-order chi connectivity index (χ0) is 24.3. The monoisotopic (exact) mass is 515 g/mol. The van der Waals surface area contributed by atoms with Crippen molar-refractivity contribution >= 4 is 53.9 Å². The summed E-state index contributed by atoms with van der Waals surface area (Å²) in [6, 6.07) is 22.1. The minimum atomic E-state index is -0.183. The first kappa shape index (κ1) is 23.1. The average molecular weight is 516 g/mol. The number of carbonyl (C=O) groups is 1. The van der Waals surface area contributed by atoms with Crippen molar-refractivity contribution in [2.45, 2.75) is 0 Å². The van der Waals surface area contributed by atoms with Crippen molar-refractivity contribution in [1.82, 2.24) is 9.88 Å². The number of amides is 1. The van der Waals surface area contributed by atoms with E-state index in [1.165, 1.54) is 0 Å². The lowest BCUT2D eigenvalue weighted by Gasteiger charge is -2.26. The largest absolute Gasteiger partial charge is 0.491 e. The highest BCUT2D eigenvalue weighted by Gasteiger charge is 2.17. The molecule has 5 aromatic rings. The van der Waals surface area contributed by atoms with Gasteiger partial charge in [0.05, 0.1) is 44.2 Å².